The first-order valence-electron chi connectivity index (χ1n) is 4.43. The molecular weight excluding hydrogens is 210 g/mol. The van der Waals surface area contributed by atoms with Crippen LogP contribution in [-0.4, -0.2) is 0 Å². The van der Waals surface area contributed by atoms with Gasteiger partial charge < -0.3 is 4.84 Å². The highest BCUT2D eigenvalue weighted by Crippen LogP contribution is 2.28. The molecule has 2 nitrogen and oxygen atoms in total. The summed E-state index contributed by atoms with van der Waals surface area (Å²) in [5, 5.41) is 0. The molecule has 0 unspecified atom stereocenters. The zero-order valence-corrected chi connectivity index (χ0v) is 8.91. The summed E-state index contributed by atoms with van der Waals surface area (Å²) in [6.07, 6.45) is 0. The number of nitrogens with two attached hydrogens (primary N) is 1. The van der Waals surface area contributed by atoms with Crippen molar-refractivity contribution in [3.63, 3.8) is 0 Å². The van der Waals surface area contributed by atoms with Crippen molar-refractivity contribution in [3.8, 4) is 16.9 Å². The van der Waals surface area contributed by atoms with Gasteiger partial charge in [0.2, 0.25) is 0 Å². The zero-order valence-electron chi connectivity index (χ0n) is 8.09. The van der Waals surface area contributed by atoms with E-state index in [1.54, 1.807) is 0 Å². The monoisotopic (exact) mass is 221 g/mol. The molecule has 0 fully saturated rings. The smallest absolute Gasteiger partial charge is 0.154 e. The van der Waals surface area contributed by atoms with E-state index in [4.69, 9.17) is 10.7 Å². The molecule has 0 radical (unpaired) electrons. The summed E-state index contributed by atoms with van der Waals surface area (Å²) >= 11 is 0. The van der Waals surface area contributed by atoms with Gasteiger partial charge in [0.1, 0.15) is 0 Å². The molecule has 0 aliphatic rings. The number of rotatable bonds is 2. The number of halogens is 1. The Labute approximate surface area is 95.0 Å². The van der Waals surface area contributed by atoms with E-state index >= 15 is 0 Å². The average Bonchev–Trinajstić information content (AvgIpc) is 2.30. The van der Waals surface area contributed by atoms with Crippen LogP contribution in [0, 0.1) is 0 Å². The Morgan fingerprint density at radius 1 is 0.800 bits per heavy atom. The minimum absolute atomic E-state index is 0. The third kappa shape index (κ3) is 2.49. The van der Waals surface area contributed by atoms with Gasteiger partial charge in [0.15, 0.2) is 5.75 Å². The van der Waals surface area contributed by atoms with Crippen LogP contribution in [0.2, 0.25) is 0 Å². The molecule has 0 aliphatic heterocycles. The summed E-state index contributed by atoms with van der Waals surface area (Å²) in [5.41, 5.74) is 2.11. The third-order valence-electron chi connectivity index (χ3n) is 2.10. The quantitative estimate of drug-likeness (QED) is 0.792. The van der Waals surface area contributed by atoms with Crippen molar-refractivity contribution in [3.05, 3.63) is 54.6 Å². The fourth-order valence-corrected chi connectivity index (χ4v) is 1.43. The molecule has 0 saturated carbocycles. The molecule has 2 rings (SSSR count). The van der Waals surface area contributed by atoms with Gasteiger partial charge >= 0.3 is 0 Å². The van der Waals surface area contributed by atoms with Crippen molar-refractivity contribution < 1.29 is 4.84 Å². The lowest BCUT2D eigenvalue weighted by atomic mass is 10.1. The van der Waals surface area contributed by atoms with E-state index in [1.807, 2.05) is 54.6 Å². The van der Waals surface area contributed by atoms with Crippen molar-refractivity contribution in [2.45, 2.75) is 0 Å². The molecule has 0 bridgehead atoms. The Hall–Kier alpha value is -1.51. The van der Waals surface area contributed by atoms with Crippen LogP contribution in [0.3, 0.4) is 0 Å². The summed E-state index contributed by atoms with van der Waals surface area (Å²) in [5.74, 6) is 5.88. The second-order valence-corrected chi connectivity index (χ2v) is 2.98. The van der Waals surface area contributed by atoms with Crippen molar-refractivity contribution in [1.29, 1.82) is 0 Å². The zero-order chi connectivity index (χ0) is 9.80. The molecule has 0 heterocycles. The molecule has 0 aromatic heterocycles. The van der Waals surface area contributed by atoms with Crippen molar-refractivity contribution in [1.82, 2.24) is 0 Å². The van der Waals surface area contributed by atoms with Gasteiger partial charge in [-0.15, -0.1) is 12.4 Å². The van der Waals surface area contributed by atoms with Gasteiger partial charge in [0.05, 0.1) is 0 Å². The Kier molecular flexibility index (Phi) is 4.16. The van der Waals surface area contributed by atoms with Gasteiger partial charge in [-0.2, -0.15) is 5.90 Å². The minimum Gasteiger partial charge on any atom is -0.411 e. The second kappa shape index (κ2) is 5.39. The lowest BCUT2D eigenvalue weighted by Crippen LogP contribution is -2.02. The molecule has 0 atom stereocenters. The molecule has 2 N–H and O–H groups in total. The first kappa shape index (κ1) is 11.6. The number of benzene rings is 2. The molecule has 2 aromatic rings. The van der Waals surface area contributed by atoms with E-state index in [1.165, 1.54) is 0 Å². The maximum atomic E-state index is 5.19. The Balaban J connectivity index is 0.00000112. The molecule has 0 aliphatic carbocycles. The van der Waals surface area contributed by atoms with Crippen molar-refractivity contribution in [2.75, 3.05) is 0 Å². The highest BCUT2D eigenvalue weighted by molar-refractivity contribution is 5.85. The normalized spacial score (nSPS) is 9.13. The Bertz CT molecular complexity index is 417. The van der Waals surface area contributed by atoms with Crippen LogP contribution in [0.5, 0.6) is 5.75 Å². The summed E-state index contributed by atoms with van der Waals surface area (Å²) in [6.45, 7) is 0. The fraction of sp³-hybridized carbons (Fsp3) is 0. The van der Waals surface area contributed by atoms with Gasteiger partial charge in [0.25, 0.3) is 0 Å². The molecule has 0 spiro atoms. The van der Waals surface area contributed by atoms with E-state index in [-0.39, 0.29) is 12.4 Å². The van der Waals surface area contributed by atoms with Gasteiger partial charge in [-0.25, -0.2) is 0 Å². The summed E-state index contributed by atoms with van der Waals surface area (Å²) in [7, 11) is 0. The van der Waals surface area contributed by atoms with Crippen LogP contribution in [0.25, 0.3) is 11.1 Å². The Morgan fingerprint density at radius 3 is 2.07 bits per heavy atom. The molecule has 3 heteroatoms. The average molecular weight is 222 g/mol. The van der Waals surface area contributed by atoms with Crippen molar-refractivity contribution >= 4 is 12.4 Å². The van der Waals surface area contributed by atoms with Crippen LogP contribution in [-0.2, 0) is 0 Å². The predicted molar refractivity (Wildman–Crippen MR) is 63.9 cm³/mol. The highest BCUT2D eigenvalue weighted by Gasteiger charge is 2.03. The van der Waals surface area contributed by atoms with E-state index in [2.05, 4.69) is 0 Å². The number of hydrogen-bond acceptors (Lipinski definition) is 2. The van der Waals surface area contributed by atoms with Gasteiger partial charge in [-0.05, 0) is 11.6 Å². The highest BCUT2D eigenvalue weighted by atomic mass is 35.5. The van der Waals surface area contributed by atoms with E-state index in [0.717, 1.165) is 11.1 Å². The third-order valence-corrected chi connectivity index (χ3v) is 2.10. The van der Waals surface area contributed by atoms with Crippen molar-refractivity contribution in [2.24, 2.45) is 5.90 Å². The van der Waals surface area contributed by atoms with Crippen LogP contribution in [0.1, 0.15) is 0 Å². The van der Waals surface area contributed by atoms with Gasteiger partial charge in [0, 0.05) is 5.56 Å². The largest absolute Gasteiger partial charge is 0.411 e. The maximum Gasteiger partial charge on any atom is 0.154 e. The second-order valence-electron chi connectivity index (χ2n) is 2.98. The van der Waals surface area contributed by atoms with Gasteiger partial charge in [-0.3, -0.25) is 0 Å². The minimum atomic E-state index is 0. The summed E-state index contributed by atoms with van der Waals surface area (Å²) < 4.78 is 0. The lowest BCUT2D eigenvalue weighted by molar-refractivity contribution is 0.336. The molecule has 0 saturated heterocycles. The summed E-state index contributed by atoms with van der Waals surface area (Å²) in [6, 6.07) is 17.7. The number of para-hydroxylation sites is 1. The predicted octanol–water partition coefficient (Wildman–Crippen LogP) is 3.03. The molecule has 15 heavy (non-hydrogen) atoms. The molecule has 2 aromatic carbocycles. The first-order chi connectivity index (χ1) is 6.92. The molecular formula is C12H12ClNO. The molecule has 78 valence electrons. The van der Waals surface area contributed by atoms with Crippen LogP contribution < -0.4 is 10.7 Å². The maximum absolute atomic E-state index is 5.19. The van der Waals surface area contributed by atoms with Crippen LogP contribution in [0.4, 0.5) is 0 Å². The SMILES string of the molecule is Cl.NOc1ccccc1-c1ccccc1. The van der Waals surface area contributed by atoms with Crippen LogP contribution in [0.15, 0.2) is 54.6 Å². The van der Waals surface area contributed by atoms with E-state index in [9.17, 15) is 0 Å². The summed E-state index contributed by atoms with van der Waals surface area (Å²) in [4.78, 5) is 4.80. The molecule has 0 amide bonds. The van der Waals surface area contributed by atoms with Gasteiger partial charge in [-0.1, -0.05) is 48.5 Å². The standard InChI is InChI=1S/C12H11NO.ClH/c13-14-12-9-5-4-8-11(12)10-6-2-1-3-7-10;/h1-9H,13H2;1H. The van der Waals surface area contributed by atoms with E-state index in [0.29, 0.717) is 5.75 Å². The van der Waals surface area contributed by atoms with Crippen LogP contribution >= 0.6 is 12.4 Å². The Morgan fingerprint density at radius 2 is 1.40 bits per heavy atom. The lowest BCUT2D eigenvalue weighted by Gasteiger charge is -2.06. The number of hydrogen-bond donors (Lipinski definition) is 1. The first-order valence-corrected chi connectivity index (χ1v) is 4.43. The van der Waals surface area contributed by atoms with E-state index < -0.39 is 0 Å². The fourth-order valence-electron chi connectivity index (χ4n) is 1.43. The topological polar surface area (TPSA) is 35.2 Å².